The summed E-state index contributed by atoms with van der Waals surface area (Å²) in [5, 5.41) is 14.2. The van der Waals surface area contributed by atoms with E-state index < -0.39 is 20.4 Å². The highest BCUT2D eigenvalue weighted by molar-refractivity contribution is 7.90. The summed E-state index contributed by atoms with van der Waals surface area (Å²) in [6.07, 6.45) is 1.73. The van der Waals surface area contributed by atoms with Crippen molar-refractivity contribution in [3.63, 3.8) is 0 Å². The van der Waals surface area contributed by atoms with Crippen LogP contribution >= 0.6 is 0 Å². The zero-order valence-electron chi connectivity index (χ0n) is 13.8. The largest absolute Gasteiger partial charge is 0.382 e. The normalized spacial score (nSPS) is 12.6. The highest BCUT2D eigenvalue weighted by atomic mass is 32.2. The minimum atomic E-state index is -3.68. The number of rotatable bonds is 6. The van der Waals surface area contributed by atoms with Crippen LogP contribution in [-0.2, 0) is 16.3 Å². The van der Waals surface area contributed by atoms with Crippen LogP contribution in [0.4, 0.5) is 11.4 Å². The van der Waals surface area contributed by atoms with Crippen LogP contribution in [0.15, 0.2) is 47.4 Å². The molecule has 0 bridgehead atoms. The molecule has 0 aliphatic rings. The van der Waals surface area contributed by atoms with Gasteiger partial charge in [-0.1, -0.05) is 24.3 Å². The van der Waals surface area contributed by atoms with Gasteiger partial charge in [-0.15, -0.1) is 0 Å². The third kappa shape index (κ3) is 4.32. The Hall–Kier alpha value is -2.41. The van der Waals surface area contributed by atoms with Crippen molar-refractivity contribution in [1.29, 1.82) is 0 Å². The van der Waals surface area contributed by atoms with E-state index in [1.54, 1.807) is 0 Å². The van der Waals surface area contributed by atoms with Gasteiger partial charge in [0.05, 0.1) is 4.92 Å². The number of hydrogen-bond acceptors (Lipinski definition) is 5. The molecular weight excluding hydrogens is 328 g/mol. The van der Waals surface area contributed by atoms with Gasteiger partial charge in [0.1, 0.15) is 4.90 Å². The molecule has 1 atom stereocenters. The fourth-order valence-electron chi connectivity index (χ4n) is 2.56. The summed E-state index contributed by atoms with van der Waals surface area (Å²) in [6.45, 7) is 4.02. The highest BCUT2D eigenvalue weighted by Gasteiger charge is 2.22. The molecule has 0 aliphatic heterocycles. The molecule has 0 saturated carbocycles. The third-order valence-electron chi connectivity index (χ3n) is 3.76. The van der Waals surface area contributed by atoms with Crippen molar-refractivity contribution in [3.05, 3.63) is 63.7 Å². The molecule has 2 aromatic carbocycles. The van der Waals surface area contributed by atoms with Gasteiger partial charge in [-0.3, -0.25) is 10.1 Å². The summed E-state index contributed by atoms with van der Waals surface area (Å²) in [5.74, 6) is 0. The lowest BCUT2D eigenvalue weighted by molar-refractivity contribution is -0.387. The van der Waals surface area contributed by atoms with Gasteiger partial charge >= 0.3 is 0 Å². The molecule has 2 rings (SSSR count). The summed E-state index contributed by atoms with van der Waals surface area (Å²) < 4.78 is 23.6. The Bertz CT molecular complexity index is 863. The van der Waals surface area contributed by atoms with Gasteiger partial charge in [0.2, 0.25) is 0 Å². The maximum Gasteiger partial charge on any atom is 0.288 e. The van der Waals surface area contributed by atoms with Gasteiger partial charge in [-0.2, -0.15) is 0 Å². The van der Waals surface area contributed by atoms with Gasteiger partial charge in [-0.05, 0) is 43.5 Å². The van der Waals surface area contributed by atoms with E-state index in [1.807, 2.05) is 38.1 Å². The third-order valence-corrected chi connectivity index (χ3v) is 4.88. The van der Waals surface area contributed by atoms with Crippen LogP contribution < -0.4 is 5.32 Å². The molecule has 0 spiro atoms. The Morgan fingerprint density at radius 1 is 1.21 bits per heavy atom. The summed E-state index contributed by atoms with van der Waals surface area (Å²) in [7, 11) is -3.68. The van der Waals surface area contributed by atoms with Crippen LogP contribution in [0.5, 0.6) is 0 Å². The maximum atomic E-state index is 11.8. The van der Waals surface area contributed by atoms with Crippen molar-refractivity contribution >= 4 is 21.2 Å². The molecule has 0 fully saturated rings. The molecule has 1 unspecified atom stereocenters. The number of nitrogens with zero attached hydrogens (tertiary/aromatic N) is 1. The minimum Gasteiger partial charge on any atom is -0.382 e. The van der Waals surface area contributed by atoms with Gasteiger partial charge in [-0.25, -0.2) is 8.42 Å². The number of hydrogen-bond donors (Lipinski definition) is 1. The van der Waals surface area contributed by atoms with E-state index in [1.165, 1.54) is 29.3 Å². The number of sulfone groups is 1. The van der Waals surface area contributed by atoms with E-state index >= 15 is 0 Å². The average molecular weight is 348 g/mol. The van der Waals surface area contributed by atoms with Gasteiger partial charge < -0.3 is 5.32 Å². The Morgan fingerprint density at radius 2 is 1.88 bits per heavy atom. The molecule has 0 saturated heterocycles. The monoisotopic (exact) mass is 348 g/mol. The molecule has 7 heteroatoms. The molecule has 0 radical (unpaired) electrons. The van der Waals surface area contributed by atoms with E-state index in [4.69, 9.17) is 0 Å². The Kier molecular flexibility index (Phi) is 5.23. The number of nitrogens with one attached hydrogen (secondary N) is 1. The molecule has 0 heterocycles. The SMILES string of the molecule is Cc1ccccc1CC(C)Nc1ccc([N+](=O)[O-])c(S(C)(=O)=O)c1. The van der Waals surface area contributed by atoms with E-state index in [-0.39, 0.29) is 10.9 Å². The smallest absolute Gasteiger partial charge is 0.288 e. The van der Waals surface area contributed by atoms with Crippen LogP contribution in [0.1, 0.15) is 18.1 Å². The van der Waals surface area contributed by atoms with Crippen LogP contribution in [0.3, 0.4) is 0 Å². The van der Waals surface area contributed by atoms with Crippen LogP contribution in [0.25, 0.3) is 0 Å². The quantitative estimate of drug-likeness (QED) is 0.639. The lowest BCUT2D eigenvalue weighted by atomic mass is 10.0. The summed E-state index contributed by atoms with van der Waals surface area (Å²) in [6, 6.07) is 12.2. The Morgan fingerprint density at radius 3 is 2.46 bits per heavy atom. The van der Waals surface area contributed by atoms with E-state index in [2.05, 4.69) is 5.32 Å². The molecule has 0 aromatic heterocycles. The first kappa shape index (κ1) is 17.9. The second-order valence-electron chi connectivity index (χ2n) is 5.89. The predicted octanol–water partition coefficient (Wildman–Crippen LogP) is 3.35. The van der Waals surface area contributed by atoms with Crippen molar-refractivity contribution in [2.45, 2.75) is 31.2 Å². The van der Waals surface area contributed by atoms with Crippen molar-refractivity contribution in [2.75, 3.05) is 11.6 Å². The summed E-state index contributed by atoms with van der Waals surface area (Å²) >= 11 is 0. The fourth-order valence-corrected chi connectivity index (χ4v) is 3.42. The zero-order valence-corrected chi connectivity index (χ0v) is 14.6. The van der Waals surface area contributed by atoms with Gasteiger partial charge in [0.15, 0.2) is 9.84 Å². The summed E-state index contributed by atoms with van der Waals surface area (Å²) in [4.78, 5) is 10.0. The predicted molar refractivity (Wildman–Crippen MR) is 94.2 cm³/mol. The number of anilines is 1. The van der Waals surface area contributed by atoms with E-state index in [0.717, 1.165) is 12.7 Å². The first-order valence-electron chi connectivity index (χ1n) is 7.48. The lowest BCUT2D eigenvalue weighted by Crippen LogP contribution is -2.19. The molecule has 1 N–H and O–H groups in total. The van der Waals surface area contributed by atoms with E-state index in [0.29, 0.717) is 5.69 Å². The molecule has 0 amide bonds. The Labute approximate surface area is 141 Å². The molecule has 0 aliphatic carbocycles. The number of nitro groups is 1. The molecule has 24 heavy (non-hydrogen) atoms. The molecule has 6 nitrogen and oxygen atoms in total. The van der Waals surface area contributed by atoms with Crippen LogP contribution in [-0.4, -0.2) is 25.6 Å². The molecule has 128 valence electrons. The first-order valence-corrected chi connectivity index (χ1v) is 9.37. The fraction of sp³-hybridized carbons (Fsp3) is 0.294. The van der Waals surface area contributed by atoms with Gasteiger partial charge in [0, 0.05) is 24.1 Å². The number of aryl methyl sites for hydroxylation is 1. The Balaban J connectivity index is 2.24. The average Bonchev–Trinajstić information content (AvgIpc) is 2.48. The molecular formula is C17H20N2O4S. The van der Waals surface area contributed by atoms with Crippen molar-refractivity contribution in [3.8, 4) is 0 Å². The topological polar surface area (TPSA) is 89.3 Å². The second-order valence-corrected chi connectivity index (χ2v) is 7.87. The van der Waals surface area contributed by atoms with Crippen molar-refractivity contribution in [1.82, 2.24) is 0 Å². The van der Waals surface area contributed by atoms with Crippen LogP contribution in [0, 0.1) is 17.0 Å². The first-order chi connectivity index (χ1) is 11.2. The standard InChI is InChI=1S/C17H20N2O4S/c1-12-6-4-5-7-14(12)10-13(2)18-15-8-9-16(19(20)21)17(11-15)24(3,22)23/h4-9,11,13,18H,10H2,1-3H3. The number of nitro benzene ring substituents is 1. The van der Waals surface area contributed by atoms with Crippen LogP contribution in [0.2, 0.25) is 0 Å². The minimum absolute atomic E-state index is 0.0416. The lowest BCUT2D eigenvalue weighted by Gasteiger charge is -2.17. The number of benzene rings is 2. The van der Waals surface area contributed by atoms with Gasteiger partial charge in [0.25, 0.3) is 5.69 Å². The summed E-state index contributed by atoms with van der Waals surface area (Å²) in [5.41, 5.74) is 2.52. The zero-order chi connectivity index (χ0) is 17.9. The second kappa shape index (κ2) is 7.00. The highest BCUT2D eigenvalue weighted by Crippen LogP contribution is 2.27. The maximum absolute atomic E-state index is 11.8. The van der Waals surface area contributed by atoms with Crippen molar-refractivity contribution < 1.29 is 13.3 Å². The van der Waals surface area contributed by atoms with E-state index in [9.17, 15) is 18.5 Å². The van der Waals surface area contributed by atoms with Crippen molar-refractivity contribution in [2.24, 2.45) is 0 Å². The molecule has 2 aromatic rings.